The highest BCUT2D eigenvalue weighted by atomic mass is 19.1. The molecule has 0 N–H and O–H groups in total. The number of anilines is 1. The molecule has 0 bridgehead atoms. The standard InChI is InChI=1S/C24H22FN3O4/c1-24(2,3)32-23(31)20-18-17(19-16-7-5-4-6-13(16)12-26-28(19)20)21(29)27(22(18)30)15-10-8-14(25)9-11-15/h4-12,17-20H,1-3H3/t17-,18+,19?,20-/m0/s1. The molecule has 0 spiro atoms. The number of benzene rings is 2. The number of ether oxygens (including phenoxy) is 1. The number of carbonyl (C=O) groups is 3. The fourth-order valence-corrected chi connectivity index (χ4v) is 4.85. The summed E-state index contributed by atoms with van der Waals surface area (Å²) in [6, 6.07) is 11.0. The fourth-order valence-electron chi connectivity index (χ4n) is 4.85. The molecule has 5 rings (SSSR count). The van der Waals surface area contributed by atoms with E-state index >= 15 is 0 Å². The maximum absolute atomic E-state index is 13.6. The number of imide groups is 1. The van der Waals surface area contributed by atoms with Gasteiger partial charge < -0.3 is 4.74 Å². The monoisotopic (exact) mass is 435 g/mol. The van der Waals surface area contributed by atoms with Crippen molar-refractivity contribution in [3.8, 4) is 0 Å². The zero-order valence-electron chi connectivity index (χ0n) is 17.9. The van der Waals surface area contributed by atoms with Crippen LogP contribution < -0.4 is 4.90 Å². The number of esters is 1. The first-order valence-corrected chi connectivity index (χ1v) is 10.4. The predicted octanol–water partition coefficient (Wildman–Crippen LogP) is 3.05. The molecule has 0 aromatic heterocycles. The summed E-state index contributed by atoms with van der Waals surface area (Å²) in [7, 11) is 0. The predicted molar refractivity (Wildman–Crippen MR) is 114 cm³/mol. The molecule has 7 nitrogen and oxygen atoms in total. The maximum atomic E-state index is 13.6. The Labute approximate surface area is 184 Å². The van der Waals surface area contributed by atoms with Gasteiger partial charge in [-0.1, -0.05) is 24.3 Å². The minimum atomic E-state index is -1.05. The topological polar surface area (TPSA) is 79.3 Å². The van der Waals surface area contributed by atoms with Crippen LogP contribution in [0, 0.1) is 17.7 Å². The average molecular weight is 435 g/mol. The summed E-state index contributed by atoms with van der Waals surface area (Å²) in [4.78, 5) is 41.4. The first-order chi connectivity index (χ1) is 15.2. The molecule has 2 saturated heterocycles. The van der Waals surface area contributed by atoms with Gasteiger partial charge in [0.25, 0.3) is 0 Å². The van der Waals surface area contributed by atoms with Crippen molar-refractivity contribution in [1.82, 2.24) is 5.01 Å². The summed E-state index contributed by atoms with van der Waals surface area (Å²) in [6.45, 7) is 5.24. The third-order valence-corrected chi connectivity index (χ3v) is 6.03. The Morgan fingerprint density at radius 1 is 1.00 bits per heavy atom. The smallest absolute Gasteiger partial charge is 0.331 e. The zero-order valence-corrected chi connectivity index (χ0v) is 17.9. The summed E-state index contributed by atoms with van der Waals surface area (Å²) >= 11 is 0. The van der Waals surface area contributed by atoms with Crippen molar-refractivity contribution in [3.63, 3.8) is 0 Å². The van der Waals surface area contributed by atoms with Gasteiger partial charge in [0.05, 0.1) is 29.8 Å². The van der Waals surface area contributed by atoms with E-state index in [1.807, 2.05) is 24.3 Å². The van der Waals surface area contributed by atoms with E-state index in [1.54, 1.807) is 32.0 Å². The Bertz CT molecular complexity index is 1150. The molecule has 2 amide bonds. The average Bonchev–Trinajstić information content (AvgIpc) is 3.21. The van der Waals surface area contributed by atoms with Crippen LogP contribution in [-0.4, -0.2) is 40.7 Å². The second-order valence-electron chi connectivity index (χ2n) is 9.22. The van der Waals surface area contributed by atoms with Gasteiger partial charge in [-0.25, -0.2) is 14.1 Å². The molecule has 4 atom stereocenters. The molecule has 2 aromatic carbocycles. The van der Waals surface area contributed by atoms with Crippen LogP contribution in [0.2, 0.25) is 0 Å². The van der Waals surface area contributed by atoms with Gasteiger partial charge >= 0.3 is 5.97 Å². The SMILES string of the molecule is CC(C)(C)OC(=O)[C@@H]1[C@@H]2C(=O)N(c3ccc(F)cc3)C(=O)[C@@H]2C2c3ccccc3C=NN21. The largest absolute Gasteiger partial charge is 0.458 e. The Kier molecular flexibility index (Phi) is 4.44. The molecule has 1 unspecified atom stereocenters. The van der Waals surface area contributed by atoms with Crippen molar-refractivity contribution in [3.05, 3.63) is 65.5 Å². The second kappa shape index (κ2) is 6.98. The summed E-state index contributed by atoms with van der Waals surface area (Å²) in [5.74, 6) is -3.79. The second-order valence-corrected chi connectivity index (χ2v) is 9.22. The maximum Gasteiger partial charge on any atom is 0.331 e. The molecule has 0 radical (unpaired) electrons. The van der Waals surface area contributed by atoms with Crippen LogP contribution >= 0.6 is 0 Å². The highest BCUT2D eigenvalue weighted by molar-refractivity contribution is 6.23. The van der Waals surface area contributed by atoms with E-state index < -0.39 is 53.1 Å². The van der Waals surface area contributed by atoms with Crippen molar-refractivity contribution < 1.29 is 23.5 Å². The minimum absolute atomic E-state index is 0.276. The lowest BCUT2D eigenvalue weighted by Crippen LogP contribution is -2.46. The molecule has 0 aliphatic carbocycles. The molecule has 3 aliphatic rings. The van der Waals surface area contributed by atoms with Crippen LogP contribution in [0.4, 0.5) is 10.1 Å². The number of halogens is 1. The number of amides is 2. The highest BCUT2D eigenvalue weighted by Crippen LogP contribution is 2.52. The number of rotatable bonds is 2. The van der Waals surface area contributed by atoms with E-state index in [4.69, 9.17) is 4.74 Å². The Balaban J connectivity index is 1.62. The van der Waals surface area contributed by atoms with Crippen molar-refractivity contribution >= 4 is 29.7 Å². The minimum Gasteiger partial charge on any atom is -0.458 e. The summed E-state index contributed by atoms with van der Waals surface area (Å²) in [5, 5.41) is 6.01. The molecular weight excluding hydrogens is 413 g/mol. The fraction of sp³-hybridized carbons (Fsp3) is 0.333. The summed E-state index contributed by atoms with van der Waals surface area (Å²) in [5.41, 5.74) is 1.16. The number of carbonyl (C=O) groups excluding carboxylic acids is 3. The third-order valence-electron chi connectivity index (χ3n) is 6.03. The van der Waals surface area contributed by atoms with Crippen LogP contribution in [0.25, 0.3) is 0 Å². The quantitative estimate of drug-likeness (QED) is 0.535. The van der Waals surface area contributed by atoms with Crippen molar-refractivity contribution in [2.75, 3.05) is 4.90 Å². The third kappa shape index (κ3) is 3.01. The zero-order chi connectivity index (χ0) is 22.8. The Morgan fingerprint density at radius 2 is 1.66 bits per heavy atom. The molecule has 2 aromatic rings. The number of hydrogen-bond acceptors (Lipinski definition) is 6. The normalized spacial score (nSPS) is 26.1. The van der Waals surface area contributed by atoms with Crippen LogP contribution in [0.3, 0.4) is 0 Å². The number of hydrazone groups is 1. The van der Waals surface area contributed by atoms with Gasteiger partial charge in [-0.15, -0.1) is 0 Å². The van der Waals surface area contributed by atoms with Crippen molar-refractivity contribution in [1.29, 1.82) is 0 Å². The molecule has 0 saturated carbocycles. The lowest BCUT2D eigenvalue weighted by atomic mass is 9.85. The summed E-state index contributed by atoms with van der Waals surface area (Å²) in [6.07, 6.45) is 1.64. The number of hydrogen-bond donors (Lipinski definition) is 0. The van der Waals surface area contributed by atoms with Gasteiger partial charge in [0.1, 0.15) is 11.4 Å². The molecule has 32 heavy (non-hydrogen) atoms. The van der Waals surface area contributed by atoms with Crippen LogP contribution in [-0.2, 0) is 19.1 Å². The van der Waals surface area contributed by atoms with Gasteiger partial charge in [-0.05, 0) is 56.2 Å². The number of nitrogens with zero attached hydrogens (tertiary/aromatic N) is 3. The first-order valence-electron chi connectivity index (χ1n) is 10.4. The molecule has 3 aliphatic heterocycles. The van der Waals surface area contributed by atoms with Crippen molar-refractivity contribution in [2.24, 2.45) is 16.9 Å². The van der Waals surface area contributed by atoms with Gasteiger partial charge in [0.2, 0.25) is 11.8 Å². The lowest BCUT2D eigenvalue weighted by molar-refractivity contribution is -0.163. The molecular formula is C24H22FN3O4. The Hall–Kier alpha value is -3.55. The molecule has 2 fully saturated rings. The van der Waals surface area contributed by atoms with Gasteiger partial charge in [0, 0.05) is 0 Å². The van der Waals surface area contributed by atoms with Gasteiger partial charge in [-0.3, -0.25) is 14.6 Å². The molecule has 8 heteroatoms. The molecule has 3 heterocycles. The van der Waals surface area contributed by atoms with Crippen LogP contribution in [0.5, 0.6) is 0 Å². The lowest BCUT2D eigenvalue weighted by Gasteiger charge is -2.34. The van der Waals surface area contributed by atoms with Crippen LogP contribution in [0.1, 0.15) is 37.9 Å². The van der Waals surface area contributed by atoms with E-state index in [-0.39, 0.29) is 5.69 Å². The van der Waals surface area contributed by atoms with E-state index in [2.05, 4.69) is 5.10 Å². The first kappa shape index (κ1) is 20.4. The van der Waals surface area contributed by atoms with E-state index in [0.29, 0.717) is 0 Å². The highest BCUT2D eigenvalue weighted by Gasteiger charge is 2.66. The van der Waals surface area contributed by atoms with Gasteiger partial charge in [-0.2, -0.15) is 5.10 Å². The number of fused-ring (bicyclic) bond motifs is 5. The Morgan fingerprint density at radius 3 is 2.34 bits per heavy atom. The van der Waals surface area contributed by atoms with E-state index in [1.165, 1.54) is 24.3 Å². The van der Waals surface area contributed by atoms with E-state index in [9.17, 15) is 18.8 Å². The van der Waals surface area contributed by atoms with Crippen LogP contribution in [0.15, 0.2) is 53.6 Å². The van der Waals surface area contributed by atoms with Crippen molar-refractivity contribution in [2.45, 2.75) is 38.5 Å². The molecule has 164 valence electrons. The summed E-state index contributed by atoms with van der Waals surface area (Å²) < 4.78 is 19.1. The van der Waals surface area contributed by atoms with E-state index in [0.717, 1.165) is 16.0 Å². The van der Waals surface area contributed by atoms with Gasteiger partial charge in [0.15, 0.2) is 6.04 Å².